The first kappa shape index (κ1) is 30.0. The fourth-order valence-electron chi connectivity index (χ4n) is 6.65. The molecule has 0 spiro atoms. The van der Waals surface area contributed by atoms with Gasteiger partial charge in [0.05, 0.1) is 22.8 Å². The van der Waals surface area contributed by atoms with E-state index in [1.807, 2.05) is 0 Å². The molecule has 5 rings (SSSR count). The molecule has 2 aliphatic heterocycles. The highest BCUT2D eigenvalue weighted by Gasteiger charge is 2.20. The molecule has 6 nitrogen and oxygen atoms in total. The van der Waals surface area contributed by atoms with Crippen LogP contribution in [0.25, 0.3) is 44.4 Å². The van der Waals surface area contributed by atoms with Crippen LogP contribution in [0.15, 0.2) is 24.3 Å². The van der Waals surface area contributed by atoms with Crippen molar-refractivity contribution in [3.63, 3.8) is 0 Å². The maximum Gasteiger partial charge on any atom is 0.0693 e. The molecule has 0 aromatic carbocycles. The first-order valence-electron chi connectivity index (χ1n) is 15.8. The fraction of sp³-hybridized carbons (Fsp3) is 0.444. The van der Waals surface area contributed by atoms with E-state index in [0.29, 0.717) is 13.1 Å². The summed E-state index contributed by atoms with van der Waals surface area (Å²) in [4.78, 5) is 18.0. The lowest BCUT2D eigenvalue weighted by molar-refractivity contribution is 0.746. The Morgan fingerprint density at radius 1 is 0.548 bits per heavy atom. The van der Waals surface area contributed by atoms with Crippen LogP contribution < -0.4 is 11.5 Å². The molecular formula is C36H48N6. The molecule has 3 aromatic rings. The van der Waals surface area contributed by atoms with Crippen LogP contribution in [0.3, 0.4) is 0 Å². The Bertz CT molecular complexity index is 1710. The molecule has 6 N–H and O–H groups in total. The summed E-state index contributed by atoms with van der Waals surface area (Å²) in [5, 5.41) is 0. The highest BCUT2D eigenvalue weighted by molar-refractivity contribution is 5.94. The second-order valence-corrected chi connectivity index (χ2v) is 11.9. The van der Waals surface area contributed by atoms with Gasteiger partial charge in [0, 0.05) is 22.1 Å². The number of rotatable bonds is 10. The predicted molar refractivity (Wildman–Crippen MR) is 180 cm³/mol. The third kappa shape index (κ3) is 5.62. The molecule has 3 aromatic heterocycles. The van der Waals surface area contributed by atoms with Gasteiger partial charge < -0.3 is 21.4 Å². The third-order valence-corrected chi connectivity index (χ3v) is 9.27. The predicted octanol–water partition coefficient (Wildman–Crippen LogP) is 8.18. The molecule has 0 atom stereocenters. The lowest BCUT2D eigenvalue weighted by Crippen LogP contribution is -1.99. The van der Waals surface area contributed by atoms with Gasteiger partial charge in [0.15, 0.2) is 0 Å². The van der Waals surface area contributed by atoms with Gasteiger partial charge in [0.25, 0.3) is 0 Å². The Hall–Kier alpha value is -3.48. The number of fused-ring (bicyclic) bond motifs is 8. The zero-order chi connectivity index (χ0) is 30.0. The van der Waals surface area contributed by atoms with Gasteiger partial charge in [-0.25, -0.2) is 9.97 Å². The minimum Gasteiger partial charge on any atom is -0.355 e. The van der Waals surface area contributed by atoms with Crippen LogP contribution in [0, 0.1) is 13.8 Å². The minimum atomic E-state index is 0.711. The number of hydrogen-bond acceptors (Lipinski definition) is 4. The van der Waals surface area contributed by atoms with Gasteiger partial charge in [-0.3, -0.25) is 0 Å². The van der Waals surface area contributed by atoms with Crippen molar-refractivity contribution in [2.75, 3.05) is 13.1 Å². The molecule has 0 saturated carbocycles. The maximum absolute atomic E-state index is 5.88. The zero-order valence-electron chi connectivity index (χ0n) is 26.4. The van der Waals surface area contributed by atoms with Gasteiger partial charge in [-0.1, -0.05) is 13.8 Å². The first-order chi connectivity index (χ1) is 20.3. The molecule has 0 saturated heterocycles. The molecule has 222 valence electrons. The lowest BCUT2D eigenvalue weighted by Gasteiger charge is -2.05. The van der Waals surface area contributed by atoms with Gasteiger partial charge in [-0.15, -0.1) is 0 Å². The molecule has 6 heteroatoms. The van der Waals surface area contributed by atoms with Crippen LogP contribution in [0.4, 0.5) is 0 Å². The van der Waals surface area contributed by atoms with Crippen LogP contribution >= 0.6 is 0 Å². The molecule has 0 aliphatic carbocycles. The molecule has 42 heavy (non-hydrogen) atoms. The molecular weight excluding hydrogens is 516 g/mol. The molecule has 0 radical (unpaired) electrons. The number of nitrogens with two attached hydrogens (primary N) is 2. The van der Waals surface area contributed by atoms with E-state index in [9.17, 15) is 0 Å². The van der Waals surface area contributed by atoms with E-state index in [1.54, 1.807) is 0 Å². The number of nitrogens with zero attached hydrogens (tertiary/aromatic N) is 2. The summed E-state index contributed by atoms with van der Waals surface area (Å²) < 4.78 is 0. The van der Waals surface area contributed by atoms with Crippen molar-refractivity contribution < 1.29 is 0 Å². The van der Waals surface area contributed by atoms with Gasteiger partial charge in [0.1, 0.15) is 0 Å². The monoisotopic (exact) mass is 564 g/mol. The van der Waals surface area contributed by atoms with Crippen LogP contribution in [0.1, 0.15) is 111 Å². The summed E-state index contributed by atoms with van der Waals surface area (Å²) in [6.07, 6.45) is 7.99. The first-order valence-corrected chi connectivity index (χ1v) is 15.8. The van der Waals surface area contributed by atoms with Crippen molar-refractivity contribution in [2.24, 2.45) is 11.5 Å². The molecule has 2 aliphatic rings. The quantitative estimate of drug-likeness (QED) is 0.186. The number of nitrogens with one attached hydrogen (secondary N) is 2. The Kier molecular flexibility index (Phi) is 9.14. The summed E-state index contributed by atoms with van der Waals surface area (Å²) >= 11 is 0. The normalized spacial score (nSPS) is 13.5. The number of unbranched alkanes of at least 4 members (excludes halogenated alkanes) is 2. The summed E-state index contributed by atoms with van der Waals surface area (Å²) in [6, 6.07) is 9.02. The number of aromatic amines is 2. The summed E-state index contributed by atoms with van der Waals surface area (Å²) in [5.41, 5.74) is 30.9. The van der Waals surface area contributed by atoms with Gasteiger partial charge >= 0.3 is 0 Å². The fourth-order valence-corrected chi connectivity index (χ4v) is 6.65. The SMILES string of the molecule is CCC1=C(C)c2cc3[nH]c(cc4nc(cc5[nH]c(cc1n2)c(C)c5CC)C(C)=C4CCCCN)c(CCCCN)c3C. The largest absolute Gasteiger partial charge is 0.355 e. The zero-order valence-corrected chi connectivity index (χ0v) is 26.4. The second-order valence-electron chi connectivity index (χ2n) is 11.9. The molecule has 0 unspecified atom stereocenters. The number of aromatic nitrogens is 4. The number of hydrogen-bond donors (Lipinski definition) is 4. The van der Waals surface area contributed by atoms with E-state index in [4.69, 9.17) is 21.4 Å². The third-order valence-electron chi connectivity index (χ3n) is 9.27. The maximum atomic E-state index is 5.88. The lowest BCUT2D eigenvalue weighted by atomic mass is 9.99. The Morgan fingerprint density at radius 3 is 1.62 bits per heavy atom. The van der Waals surface area contributed by atoms with E-state index in [2.05, 4.69) is 75.8 Å². The van der Waals surface area contributed by atoms with Gasteiger partial charge in [0.2, 0.25) is 0 Å². The summed E-state index contributed by atoms with van der Waals surface area (Å²) in [5.74, 6) is 0. The average Bonchev–Trinajstić information content (AvgIpc) is 3.63. The Morgan fingerprint density at radius 2 is 1.02 bits per heavy atom. The summed E-state index contributed by atoms with van der Waals surface area (Å²) in [7, 11) is 0. The number of H-pyrrole nitrogens is 2. The van der Waals surface area contributed by atoms with Crippen molar-refractivity contribution in [3.05, 3.63) is 69.3 Å². The van der Waals surface area contributed by atoms with Gasteiger partial charge in [-0.2, -0.15) is 0 Å². The second kappa shape index (κ2) is 12.8. The van der Waals surface area contributed by atoms with E-state index in [-0.39, 0.29) is 0 Å². The number of aryl methyl sites for hydroxylation is 4. The molecule has 8 bridgehead atoms. The van der Waals surface area contributed by atoms with Crippen molar-refractivity contribution >= 4 is 44.4 Å². The topological polar surface area (TPSA) is 109 Å². The van der Waals surface area contributed by atoms with Crippen molar-refractivity contribution in [3.8, 4) is 0 Å². The van der Waals surface area contributed by atoms with E-state index in [1.165, 1.54) is 44.5 Å². The van der Waals surface area contributed by atoms with E-state index >= 15 is 0 Å². The Labute approximate surface area is 250 Å². The minimum absolute atomic E-state index is 0.711. The molecule has 0 fully saturated rings. The Balaban J connectivity index is 1.89. The standard InChI is InChI=1S/C36H48N6/c1-7-25-21(3)29-17-30-23(5)27(13-9-11-15-37)35(41-30)20-36-28(14-10-12-16-38)24(6)32(42-36)19-34-26(8-2)22(4)31(40-34)18-33(25)39-29/h17-20,40-41H,7-16,37-38H2,1-6H3. The summed E-state index contributed by atoms with van der Waals surface area (Å²) in [6.45, 7) is 14.8. The van der Waals surface area contributed by atoms with Crippen molar-refractivity contribution in [1.82, 2.24) is 19.9 Å². The van der Waals surface area contributed by atoms with E-state index in [0.717, 1.165) is 96.2 Å². The van der Waals surface area contributed by atoms with Gasteiger partial charge in [-0.05, 0) is 161 Å². The van der Waals surface area contributed by atoms with Crippen molar-refractivity contribution in [1.29, 1.82) is 0 Å². The smallest absolute Gasteiger partial charge is 0.0693 e. The highest BCUT2D eigenvalue weighted by atomic mass is 14.8. The van der Waals surface area contributed by atoms with Crippen LogP contribution in [0.5, 0.6) is 0 Å². The van der Waals surface area contributed by atoms with E-state index < -0.39 is 0 Å². The van der Waals surface area contributed by atoms with Crippen LogP contribution in [0.2, 0.25) is 0 Å². The molecule has 0 amide bonds. The van der Waals surface area contributed by atoms with Crippen LogP contribution in [-0.4, -0.2) is 33.0 Å². The van der Waals surface area contributed by atoms with Crippen LogP contribution in [-0.2, 0) is 12.8 Å². The van der Waals surface area contributed by atoms with Crippen molar-refractivity contribution in [2.45, 2.75) is 92.9 Å². The molecule has 5 heterocycles. The average molecular weight is 565 g/mol. The highest BCUT2D eigenvalue weighted by Crippen LogP contribution is 2.37. The number of allylic oxidation sites excluding steroid dienone is 4.